The third-order valence-corrected chi connectivity index (χ3v) is 4.74. The predicted molar refractivity (Wildman–Crippen MR) is 86.6 cm³/mol. The first-order chi connectivity index (χ1) is 11.3. The Bertz CT molecular complexity index is 1100. The van der Waals surface area contributed by atoms with Gasteiger partial charge in [0.1, 0.15) is 16.5 Å². The maximum atomic E-state index is 13.6. The van der Waals surface area contributed by atoms with Crippen molar-refractivity contribution in [2.75, 3.05) is 5.32 Å². The number of benzene rings is 1. The van der Waals surface area contributed by atoms with Crippen LogP contribution in [0.3, 0.4) is 0 Å². The molecule has 0 saturated heterocycles. The average molecular weight is 351 g/mol. The van der Waals surface area contributed by atoms with Gasteiger partial charge in [-0.05, 0) is 18.2 Å². The number of carbonyl (C=O) groups is 1. The number of carbonyl (C=O) groups excluding carboxylic acids is 1. The van der Waals surface area contributed by atoms with E-state index in [0.29, 0.717) is 10.9 Å². The molecule has 2 aromatic heterocycles. The van der Waals surface area contributed by atoms with E-state index < -0.39 is 28.8 Å². The van der Waals surface area contributed by atoms with Gasteiger partial charge in [-0.2, -0.15) is 0 Å². The van der Waals surface area contributed by atoms with Gasteiger partial charge in [-0.25, -0.2) is 13.6 Å². The van der Waals surface area contributed by atoms with E-state index in [1.54, 1.807) is 0 Å². The zero-order chi connectivity index (χ0) is 17.6. The normalized spacial score (nSPS) is 11.0. The van der Waals surface area contributed by atoms with E-state index in [1.165, 1.54) is 24.7 Å². The molecule has 0 atom stereocenters. The molecule has 1 amide bonds. The number of amides is 1. The van der Waals surface area contributed by atoms with Crippen molar-refractivity contribution in [3.63, 3.8) is 0 Å². The summed E-state index contributed by atoms with van der Waals surface area (Å²) in [6.45, 7) is 0. The van der Waals surface area contributed by atoms with Gasteiger partial charge in [0, 0.05) is 20.2 Å². The summed E-state index contributed by atoms with van der Waals surface area (Å²) in [5, 5.41) is 2.53. The second-order valence-corrected chi connectivity index (χ2v) is 6.14. The molecule has 3 aromatic rings. The van der Waals surface area contributed by atoms with Gasteiger partial charge in [0.15, 0.2) is 0 Å². The van der Waals surface area contributed by atoms with Crippen LogP contribution in [0.1, 0.15) is 9.67 Å². The molecule has 2 heterocycles. The Morgan fingerprint density at radius 3 is 2.50 bits per heavy atom. The second-order valence-electron chi connectivity index (χ2n) is 5.11. The van der Waals surface area contributed by atoms with E-state index in [-0.39, 0.29) is 16.0 Å². The van der Waals surface area contributed by atoms with Crippen molar-refractivity contribution in [3.05, 3.63) is 61.6 Å². The summed E-state index contributed by atoms with van der Waals surface area (Å²) < 4.78 is 28.7. The standard InChI is InChI=1S/C15H11F2N3O3S/c1-19-13(22)8-6-11(24-14(8)20(2)15(19)23)12(21)18-10-4-3-7(16)5-9(10)17/h3-6H,1-2H3,(H,18,21). The Kier molecular flexibility index (Phi) is 3.80. The number of anilines is 1. The fourth-order valence-corrected chi connectivity index (χ4v) is 3.25. The van der Waals surface area contributed by atoms with Crippen LogP contribution in [0.2, 0.25) is 0 Å². The highest BCUT2D eigenvalue weighted by molar-refractivity contribution is 7.20. The molecule has 24 heavy (non-hydrogen) atoms. The van der Waals surface area contributed by atoms with Crippen LogP contribution < -0.4 is 16.6 Å². The molecule has 3 rings (SSSR count). The molecule has 0 aliphatic rings. The topological polar surface area (TPSA) is 73.1 Å². The molecule has 0 fully saturated rings. The van der Waals surface area contributed by atoms with Gasteiger partial charge in [0.25, 0.3) is 11.5 Å². The number of aromatic nitrogens is 2. The molecule has 0 spiro atoms. The highest BCUT2D eigenvalue weighted by Crippen LogP contribution is 2.23. The van der Waals surface area contributed by atoms with Gasteiger partial charge in [-0.15, -0.1) is 11.3 Å². The van der Waals surface area contributed by atoms with Crippen molar-refractivity contribution in [3.8, 4) is 0 Å². The molecule has 0 radical (unpaired) electrons. The highest BCUT2D eigenvalue weighted by atomic mass is 32.1. The van der Waals surface area contributed by atoms with Crippen molar-refractivity contribution >= 4 is 33.1 Å². The number of thiophene rings is 1. The SMILES string of the molecule is Cn1c(=O)c2cc(C(=O)Nc3ccc(F)cc3F)sc2n(C)c1=O. The van der Waals surface area contributed by atoms with Crippen LogP contribution >= 0.6 is 11.3 Å². The lowest BCUT2D eigenvalue weighted by atomic mass is 10.3. The maximum Gasteiger partial charge on any atom is 0.331 e. The van der Waals surface area contributed by atoms with Crippen molar-refractivity contribution in [1.29, 1.82) is 0 Å². The summed E-state index contributed by atoms with van der Waals surface area (Å²) in [5.41, 5.74) is -1.21. The first-order valence-corrected chi connectivity index (χ1v) is 7.57. The fourth-order valence-electron chi connectivity index (χ4n) is 2.25. The van der Waals surface area contributed by atoms with Crippen molar-refractivity contribution < 1.29 is 13.6 Å². The van der Waals surface area contributed by atoms with Crippen molar-refractivity contribution in [1.82, 2.24) is 9.13 Å². The zero-order valence-corrected chi connectivity index (χ0v) is 13.4. The Morgan fingerprint density at radius 1 is 1.12 bits per heavy atom. The van der Waals surface area contributed by atoms with Crippen LogP contribution in [0.25, 0.3) is 10.2 Å². The number of rotatable bonds is 2. The third-order valence-electron chi connectivity index (χ3n) is 3.53. The molecule has 0 aliphatic carbocycles. The number of hydrogen-bond donors (Lipinski definition) is 1. The number of nitrogens with zero attached hydrogens (tertiary/aromatic N) is 2. The van der Waals surface area contributed by atoms with E-state index in [0.717, 1.165) is 28.0 Å². The van der Waals surface area contributed by atoms with E-state index in [2.05, 4.69) is 5.32 Å². The minimum atomic E-state index is -0.909. The summed E-state index contributed by atoms with van der Waals surface area (Å²) in [6.07, 6.45) is 0. The van der Waals surface area contributed by atoms with Crippen LogP contribution in [0, 0.1) is 11.6 Å². The van der Waals surface area contributed by atoms with Crippen LogP contribution in [-0.2, 0) is 14.1 Å². The molecule has 1 N–H and O–H groups in total. The monoisotopic (exact) mass is 351 g/mol. The molecular weight excluding hydrogens is 340 g/mol. The molecule has 0 aliphatic heterocycles. The Balaban J connectivity index is 2.05. The molecule has 1 aromatic carbocycles. The van der Waals surface area contributed by atoms with Gasteiger partial charge >= 0.3 is 5.69 Å². The van der Waals surface area contributed by atoms with E-state index >= 15 is 0 Å². The molecular formula is C15H11F2N3O3S. The maximum absolute atomic E-state index is 13.6. The van der Waals surface area contributed by atoms with Gasteiger partial charge in [-0.3, -0.25) is 18.7 Å². The minimum absolute atomic E-state index is 0.132. The number of fused-ring (bicyclic) bond motifs is 1. The summed E-state index contributed by atoms with van der Waals surface area (Å²) >= 11 is 0.938. The molecule has 9 heteroatoms. The first-order valence-electron chi connectivity index (χ1n) is 6.75. The minimum Gasteiger partial charge on any atom is -0.319 e. The van der Waals surface area contributed by atoms with Gasteiger partial charge in [0.2, 0.25) is 0 Å². The lowest BCUT2D eigenvalue weighted by Gasteiger charge is -2.04. The lowest BCUT2D eigenvalue weighted by molar-refractivity contribution is 0.103. The molecule has 0 unspecified atom stereocenters. The van der Waals surface area contributed by atoms with E-state index in [1.807, 2.05) is 0 Å². The molecule has 124 valence electrons. The lowest BCUT2D eigenvalue weighted by Crippen LogP contribution is -2.36. The predicted octanol–water partition coefficient (Wildman–Crippen LogP) is 1.83. The second kappa shape index (κ2) is 5.68. The molecule has 6 nitrogen and oxygen atoms in total. The number of halogens is 2. The van der Waals surface area contributed by atoms with Crippen LogP contribution in [-0.4, -0.2) is 15.0 Å². The van der Waals surface area contributed by atoms with Crippen molar-refractivity contribution in [2.24, 2.45) is 14.1 Å². The van der Waals surface area contributed by atoms with Gasteiger partial charge < -0.3 is 5.32 Å². The smallest absolute Gasteiger partial charge is 0.319 e. The Morgan fingerprint density at radius 2 is 1.83 bits per heavy atom. The van der Waals surface area contributed by atoms with Crippen LogP contribution in [0.5, 0.6) is 0 Å². The fraction of sp³-hybridized carbons (Fsp3) is 0.133. The Hall–Kier alpha value is -2.81. The number of aryl methyl sites for hydroxylation is 1. The zero-order valence-electron chi connectivity index (χ0n) is 12.6. The summed E-state index contributed by atoms with van der Waals surface area (Å²) in [7, 11) is 2.83. The number of hydrogen-bond acceptors (Lipinski definition) is 4. The number of nitrogens with one attached hydrogen (secondary N) is 1. The van der Waals surface area contributed by atoms with Crippen LogP contribution in [0.15, 0.2) is 33.9 Å². The third kappa shape index (κ3) is 2.52. The summed E-state index contributed by atoms with van der Waals surface area (Å²) in [5.74, 6) is -2.32. The highest BCUT2D eigenvalue weighted by Gasteiger charge is 2.17. The first kappa shape index (κ1) is 16.1. The van der Waals surface area contributed by atoms with Crippen molar-refractivity contribution in [2.45, 2.75) is 0 Å². The van der Waals surface area contributed by atoms with Gasteiger partial charge in [-0.1, -0.05) is 0 Å². The van der Waals surface area contributed by atoms with E-state index in [9.17, 15) is 23.2 Å². The van der Waals surface area contributed by atoms with Crippen LogP contribution in [0.4, 0.5) is 14.5 Å². The quantitative estimate of drug-likeness (QED) is 0.766. The summed E-state index contributed by atoms with van der Waals surface area (Å²) in [4.78, 5) is 36.7. The largest absolute Gasteiger partial charge is 0.331 e. The Labute approximate surface area is 137 Å². The summed E-state index contributed by atoms with van der Waals surface area (Å²) in [6, 6.07) is 4.12. The molecule has 0 saturated carbocycles. The van der Waals surface area contributed by atoms with E-state index in [4.69, 9.17) is 0 Å². The average Bonchev–Trinajstić information content (AvgIpc) is 2.99. The van der Waals surface area contributed by atoms with Gasteiger partial charge in [0.05, 0.1) is 16.0 Å². The molecule has 0 bridgehead atoms.